The SMILES string of the molecule is CCCNC(CC1CCC1)c1ccc2c(c1)CCCC2. The van der Waals surface area contributed by atoms with Crippen LogP contribution in [0.25, 0.3) is 0 Å². The van der Waals surface area contributed by atoms with Crippen molar-refractivity contribution in [2.75, 3.05) is 6.54 Å². The highest BCUT2D eigenvalue weighted by Gasteiger charge is 2.23. The highest BCUT2D eigenvalue weighted by atomic mass is 14.9. The lowest BCUT2D eigenvalue weighted by Gasteiger charge is -2.31. The first-order valence-electron chi connectivity index (χ1n) is 8.72. The second-order valence-corrected chi connectivity index (χ2v) is 6.77. The molecule has 1 fully saturated rings. The standard InChI is InChI=1S/C19H29N/c1-2-12-20-19(13-15-6-5-7-15)18-11-10-16-8-3-4-9-17(16)14-18/h10-11,14-15,19-20H,2-9,12-13H2,1H3. The maximum Gasteiger partial charge on any atom is 0.0322 e. The highest BCUT2D eigenvalue weighted by molar-refractivity contribution is 5.35. The molecule has 0 aliphatic heterocycles. The van der Waals surface area contributed by atoms with E-state index in [1.807, 2.05) is 0 Å². The molecule has 2 aliphatic rings. The van der Waals surface area contributed by atoms with Crippen molar-refractivity contribution in [1.29, 1.82) is 0 Å². The van der Waals surface area contributed by atoms with Crippen LogP contribution in [0.1, 0.15) is 74.6 Å². The van der Waals surface area contributed by atoms with E-state index in [2.05, 4.69) is 30.4 Å². The van der Waals surface area contributed by atoms with Gasteiger partial charge in [0.05, 0.1) is 0 Å². The first kappa shape index (κ1) is 14.1. The van der Waals surface area contributed by atoms with Gasteiger partial charge in [0.1, 0.15) is 0 Å². The molecule has 1 aromatic carbocycles. The Morgan fingerprint density at radius 2 is 1.90 bits per heavy atom. The Balaban J connectivity index is 1.74. The Labute approximate surface area is 124 Å². The van der Waals surface area contributed by atoms with Crippen LogP contribution in [-0.4, -0.2) is 6.54 Å². The van der Waals surface area contributed by atoms with Crippen LogP contribution in [0.5, 0.6) is 0 Å². The van der Waals surface area contributed by atoms with Crippen molar-refractivity contribution in [2.24, 2.45) is 5.92 Å². The van der Waals surface area contributed by atoms with Crippen LogP contribution < -0.4 is 5.32 Å². The summed E-state index contributed by atoms with van der Waals surface area (Å²) < 4.78 is 0. The first-order chi connectivity index (χ1) is 9.86. The molecular weight excluding hydrogens is 242 g/mol. The minimum atomic E-state index is 0.590. The molecule has 1 aromatic rings. The van der Waals surface area contributed by atoms with Gasteiger partial charge in [0, 0.05) is 6.04 Å². The fraction of sp³-hybridized carbons (Fsp3) is 0.684. The van der Waals surface area contributed by atoms with Gasteiger partial charge < -0.3 is 5.32 Å². The second-order valence-electron chi connectivity index (χ2n) is 6.77. The first-order valence-corrected chi connectivity index (χ1v) is 8.72. The van der Waals surface area contributed by atoms with Gasteiger partial charge in [-0.3, -0.25) is 0 Å². The van der Waals surface area contributed by atoms with Gasteiger partial charge in [0.2, 0.25) is 0 Å². The molecule has 3 rings (SSSR count). The molecule has 1 saturated carbocycles. The van der Waals surface area contributed by atoms with E-state index in [-0.39, 0.29) is 0 Å². The summed E-state index contributed by atoms with van der Waals surface area (Å²) in [5.74, 6) is 0.973. The van der Waals surface area contributed by atoms with Crippen molar-refractivity contribution >= 4 is 0 Å². The summed E-state index contributed by atoms with van der Waals surface area (Å²) in [6.07, 6.45) is 12.3. The fourth-order valence-electron chi connectivity index (χ4n) is 3.69. The third-order valence-electron chi connectivity index (χ3n) is 5.21. The number of hydrogen-bond donors (Lipinski definition) is 1. The van der Waals surface area contributed by atoms with Crippen molar-refractivity contribution in [2.45, 2.75) is 70.8 Å². The predicted molar refractivity (Wildman–Crippen MR) is 86.1 cm³/mol. The molecule has 110 valence electrons. The topological polar surface area (TPSA) is 12.0 Å². The van der Waals surface area contributed by atoms with Crippen LogP contribution in [0.2, 0.25) is 0 Å². The molecule has 1 heteroatoms. The Morgan fingerprint density at radius 3 is 2.60 bits per heavy atom. The van der Waals surface area contributed by atoms with E-state index in [1.54, 1.807) is 16.7 Å². The van der Waals surface area contributed by atoms with E-state index in [4.69, 9.17) is 0 Å². The maximum atomic E-state index is 3.79. The van der Waals surface area contributed by atoms with Crippen molar-refractivity contribution in [1.82, 2.24) is 5.32 Å². The van der Waals surface area contributed by atoms with E-state index in [9.17, 15) is 0 Å². The number of rotatable bonds is 6. The maximum absolute atomic E-state index is 3.79. The quantitative estimate of drug-likeness (QED) is 0.784. The molecule has 0 spiro atoms. The number of benzene rings is 1. The van der Waals surface area contributed by atoms with Crippen LogP contribution in [0, 0.1) is 5.92 Å². The Hall–Kier alpha value is -0.820. The van der Waals surface area contributed by atoms with Crippen LogP contribution in [0.4, 0.5) is 0 Å². The normalized spacial score (nSPS) is 20.2. The molecule has 0 bridgehead atoms. The van der Waals surface area contributed by atoms with Gasteiger partial charge in [-0.05, 0) is 67.7 Å². The van der Waals surface area contributed by atoms with E-state index in [0.717, 1.165) is 12.5 Å². The highest BCUT2D eigenvalue weighted by Crippen LogP contribution is 2.35. The average Bonchev–Trinajstić information content (AvgIpc) is 2.45. The molecule has 1 N–H and O–H groups in total. The smallest absolute Gasteiger partial charge is 0.0322 e. The summed E-state index contributed by atoms with van der Waals surface area (Å²) in [6, 6.07) is 7.91. The third kappa shape index (κ3) is 3.25. The largest absolute Gasteiger partial charge is 0.310 e. The van der Waals surface area contributed by atoms with E-state index in [0.29, 0.717) is 6.04 Å². The zero-order chi connectivity index (χ0) is 13.8. The summed E-state index contributed by atoms with van der Waals surface area (Å²) in [4.78, 5) is 0. The second kappa shape index (κ2) is 6.76. The minimum absolute atomic E-state index is 0.590. The molecule has 1 nitrogen and oxygen atoms in total. The van der Waals surface area contributed by atoms with Crippen LogP contribution in [0.3, 0.4) is 0 Å². The molecule has 0 amide bonds. The zero-order valence-corrected chi connectivity index (χ0v) is 13.0. The third-order valence-corrected chi connectivity index (χ3v) is 5.21. The summed E-state index contributed by atoms with van der Waals surface area (Å²) in [5, 5.41) is 3.79. The average molecular weight is 271 g/mol. The number of fused-ring (bicyclic) bond motifs is 1. The monoisotopic (exact) mass is 271 g/mol. The van der Waals surface area contributed by atoms with Crippen molar-refractivity contribution in [3.8, 4) is 0 Å². The van der Waals surface area contributed by atoms with Gasteiger partial charge >= 0.3 is 0 Å². The summed E-state index contributed by atoms with van der Waals surface area (Å²) >= 11 is 0. The lowest BCUT2D eigenvalue weighted by molar-refractivity contribution is 0.261. The van der Waals surface area contributed by atoms with Gasteiger partial charge in [-0.2, -0.15) is 0 Å². The number of nitrogens with one attached hydrogen (secondary N) is 1. The number of aryl methyl sites for hydroxylation is 2. The molecule has 0 aromatic heterocycles. The van der Waals surface area contributed by atoms with Gasteiger partial charge in [-0.25, -0.2) is 0 Å². The Kier molecular flexibility index (Phi) is 4.77. The van der Waals surface area contributed by atoms with E-state index in [1.165, 1.54) is 57.8 Å². The van der Waals surface area contributed by atoms with Crippen LogP contribution in [0.15, 0.2) is 18.2 Å². The minimum Gasteiger partial charge on any atom is -0.310 e. The Bertz CT molecular complexity index is 433. The molecule has 0 saturated heterocycles. The Morgan fingerprint density at radius 1 is 1.10 bits per heavy atom. The molecule has 0 heterocycles. The van der Waals surface area contributed by atoms with Crippen LogP contribution in [-0.2, 0) is 12.8 Å². The summed E-state index contributed by atoms with van der Waals surface area (Å²) in [6.45, 7) is 3.41. The van der Waals surface area contributed by atoms with Crippen molar-refractivity contribution < 1.29 is 0 Å². The fourth-order valence-corrected chi connectivity index (χ4v) is 3.69. The lowest BCUT2D eigenvalue weighted by atomic mass is 9.79. The molecule has 1 unspecified atom stereocenters. The van der Waals surface area contributed by atoms with Crippen LogP contribution >= 0.6 is 0 Å². The molecule has 1 atom stereocenters. The summed E-state index contributed by atoms with van der Waals surface area (Å²) in [5.41, 5.74) is 4.79. The van der Waals surface area contributed by atoms with Gasteiger partial charge in [-0.1, -0.05) is 44.4 Å². The van der Waals surface area contributed by atoms with E-state index >= 15 is 0 Å². The van der Waals surface area contributed by atoms with Crippen molar-refractivity contribution in [3.05, 3.63) is 34.9 Å². The molecule has 2 aliphatic carbocycles. The van der Waals surface area contributed by atoms with Crippen molar-refractivity contribution in [3.63, 3.8) is 0 Å². The summed E-state index contributed by atoms with van der Waals surface area (Å²) in [7, 11) is 0. The molecule has 0 radical (unpaired) electrons. The van der Waals surface area contributed by atoms with Gasteiger partial charge in [0.25, 0.3) is 0 Å². The molecular formula is C19H29N. The van der Waals surface area contributed by atoms with E-state index < -0.39 is 0 Å². The lowest BCUT2D eigenvalue weighted by Crippen LogP contribution is -2.27. The zero-order valence-electron chi connectivity index (χ0n) is 13.0. The molecule has 20 heavy (non-hydrogen) atoms. The number of hydrogen-bond acceptors (Lipinski definition) is 1. The predicted octanol–water partition coefficient (Wildman–Crippen LogP) is 4.80. The van der Waals surface area contributed by atoms with Gasteiger partial charge in [0.15, 0.2) is 0 Å². The van der Waals surface area contributed by atoms with Gasteiger partial charge in [-0.15, -0.1) is 0 Å².